The molecule has 2 unspecified atom stereocenters. The molecule has 0 saturated carbocycles. The van der Waals surface area contributed by atoms with Crippen molar-refractivity contribution in [3.8, 4) is 0 Å². The van der Waals surface area contributed by atoms with Crippen LogP contribution in [0.5, 0.6) is 0 Å². The molecular weight excluding hydrogens is 254 g/mol. The van der Waals surface area contributed by atoms with E-state index in [0.717, 1.165) is 0 Å². The van der Waals surface area contributed by atoms with E-state index in [2.05, 4.69) is 67.8 Å². The molecule has 0 aromatic heterocycles. The van der Waals surface area contributed by atoms with Crippen LogP contribution in [0.25, 0.3) is 0 Å². The van der Waals surface area contributed by atoms with Crippen LogP contribution in [0.1, 0.15) is 54.0 Å². The highest BCUT2D eigenvalue weighted by Crippen LogP contribution is 2.32. The molecule has 1 aliphatic rings. The fourth-order valence-corrected chi connectivity index (χ4v) is 3.60. The van der Waals surface area contributed by atoms with Gasteiger partial charge >= 0.3 is 0 Å². The van der Waals surface area contributed by atoms with Crippen molar-refractivity contribution in [3.63, 3.8) is 0 Å². The van der Waals surface area contributed by atoms with E-state index in [1.54, 1.807) is 11.1 Å². The van der Waals surface area contributed by atoms with Crippen LogP contribution in [0.3, 0.4) is 0 Å². The zero-order valence-corrected chi connectivity index (χ0v) is 13.1. The van der Waals surface area contributed by atoms with Gasteiger partial charge in [0, 0.05) is 12.0 Å². The van der Waals surface area contributed by atoms with Crippen LogP contribution < -0.4 is 5.32 Å². The molecule has 0 radical (unpaired) electrons. The first-order valence-electron chi connectivity index (χ1n) is 8.13. The van der Waals surface area contributed by atoms with Gasteiger partial charge in [-0.15, -0.1) is 0 Å². The van der Waals surface area contributed by atoms with E-state index in [1.807, 2.05) is 0 Å². The number of benzene rings is 2. The SMILES string of the molecule is CNC(c1ccc2c(c1)CCCC2)C(C)c1ccccc1. The molecule has 0 saturated heterocycles. The van der Waals surface area contributed by atoms with Crippen molar-refractivity contribution >= 4 is 0 Å². The molecule has 0 spiro atoms. The summed E-state index contributed by atoms with van der Waals surface area (Å²) in [6.45, 7) is 2.32. The maximum Gasteiger partial charge on any atom is 0.0384 e. The van der Waals surface area contributed by atoms with Gasteiger partial charge in [-0.2, -0.15) is 0 Å². The highest BCUT2D eigenvalue weighted by molar-refractivity contribution is 5.37. The summed E-state index contributed by atoms with van der Waals surface area (Å²) in [7, 11) is 2.07. The lowest BCUT2D eigenvalue weighted by molar-refractivity contribution is 0.506. The molecule has 1 heteroatoms. The number of likely N-dealkylation sites (N-methyl/N-ethyl adjacent to an activating group) is 1. The van der Waals surface area contributed by atoms with Crippen molar-refractivity contribution in [2.24, 2.45) is 0 Å². The van der Waals surface area contributed by atoms with Crippen molar-refractivity contribution in [1.82, 2.24) is 5.32 Å². The number of aryl methyl sites for hydroxylation is 2. The van der Waals surface area contributed by atoms with Gasteiger partial charge in [0.25, 0.3) is 0 Å². The summed E-state index contributed by atoms with van der Waals surface area (Å²) in [5.41, 5.74) is 5.95. The van der Waals surface area contributed by atoms with Gasteiger partial charge in [0.2, 0.25) is 0 Å². The van der Waals surface area contributed by atoms with Crippen LogP contribution in [-0.2, 0) is 12.8 Å². The Morgan fingerprint density at radius 1 is 0.857 bits per heavy atom. The molecule has 0 heterocycles. The zero-order chi connectivity index (χ0) is 14.7. The number of rotatable bonds is 4. The normalized spacial score (nSPS) is 17.0. The zero-order valence-electron chi connectivity index (χ0n) is 13.1. The Bertz CT molecular complexity index is 588. The van der Waals surface area contributed by atoms with Crippen LogP contribution in [-0.4, -0.2) is 7.05 Å². The summed E-state index contributed by atoms with van der Waals surface area (Å²) in [4.78, 5) is 0. The van der Waals surface area contributed by atoms with Crippen molar-refractivity contribution in [1.29, 1.82) is 0 Å². The molecule has 0 aliphatic heterocycles. The highest BCUT2D eigenvalue weighted by Gasteiger charge is 2.20. The monoisotopic (exact) mass is 279 g/mol. The van der Waals surface area contributed by atoms with Gasteiger partial charge in [0.1, 0.15) is 0 Å². The lowest BCUT2D eigenvalue weighted by Gasteiger charge is -2.26. The molecule has 1 nitrogen and oxygen atoms in total. The van der Waals surface area contributed by atoms with Crippen molar-refractivity contribution in [2.45, 2.75) is 44.6 Å². The van der Waals surface area contributed by atoms with Crippen LogP contribution in [0.2, 0.25) is 0 Å². The molecule has 3 rings (SSSR count). The van der Waals surface area contributed by atoms with Crippen LogP contribution in [0.4, 0.5) is 0 Å². The molecule has 0 bridgehead atoms. The van der Waals surface area contributed by atoms with Crippen molar-refractivity contribution in [3.05, 3.63) is 70.8 Å². The molecule has 1 aliphatic carbocycles. The van der Waals surface area contributed by atoms with Gasteiger partial charge < -0.3 is 5.32 Å². The first-order valence-corrected chi connectivity index (χ1v) is 8.13. The smallest absolute Gasteiger partial charge is 0.0384 e. The minimum absolute atomic E-state index is 0.375. The largest absolute Gasteiger partial charge is 0.312 e. The molecule has 0 fully saturated rings. The van der Waals surface area contributed by atoms with Gasteiger partial charge in [-0.3, -0.25) is 0 Å². The third-order valence-electron chi connectivity index (χ3n) is 4.87. The predicted molar refractivity (Wildman–Crippen MR) is 89.7 cm³/mol. The summed E-state index contributed by atoms with van der Waals surface area (Å²) < 4.78 is 0. The number of fused-ring (bicyclic) bond motifs is 1. The minimum atomic E-state index is 0.375. The van der Waals surface area contributed by atoms with E-state index in [-0.39, 0.29) is 0 Å². The average Bonchev–Trinajstić information content (AvgIpc) is 2.56. The highest BCUT2D eigenvalue weighted by atomic mass is 14.9. The minimum Gasteiger partial charge on any atom is -0.312 e. The number of hydrogen-bond donors (Lipinski definition) is 1. The van der Waals surface area contributed by atoms with E-state index in [1.165, 1.54) is 36.8 Å². The van der Waals surface area contributed by atoms with E-state index < -0.39 is 0 Å². The fourth-order valence-electron chi connectivity index (χ4n) is 3.60. The Morgan fingerprint density at radius 2 is 1.57 bits per heavy atom. The second-order valence-electron chi connectivity index (χ2n) is 6.20. The quantitative estimate of drug-likeness (QED) is 0.860. The second kappa shape index (κ2) is 6.44. The van der Waals surface area contributed by atoms with Crippen molar-refractivity contribution in [2.75, 3.05) is 7.05 Å². The van der Waals surface area contributed by atoms with Crippen LogP contribution in [0.15, 0.2) is 48.5 Å². The standard InChI is InChI=1S/C20H25N/c1-15(16-8-4-3-5-9-16)20(21-2)19-13-12-17-10-6-7-11-18(17)14-19/h3-5,8-9,12-15,20-21H,6-7,10-11H2,1-2H3. The fraction of sp³-hybridized carbons (Fsp3) is 0.400. The van der Waals surface area contributed by atoms with Gasteiger partial charge in [0.15, 0.2) is 0 Å². The number of nitrogens with one attached hydrogen (secondary N) is 1. The Kier molecular flexibility index (Phi) is 4.40. The Labute approximate surface area is 128 Å². The van der Waals surface area contributed by atoms with Crippen molar-refractivity contribution < 1.29 is 0 Å². The lowest BCUT2D eigenvalue weighted by atomic mass is 9.84. The lowest BCUT2D eigenvalue weighted by Crippen LogP contribution is -2.22. The molecule has 1 N–H and O–H groups in total. The molecule has 2 atom stereocenters. The Morgan fingerprint density at radius 3 is 2.29 bits per heavy atom. The van der Waals surface area contributed by atoms with Crippen LogP contribution in [0, 0.1) is 0 Å². The first-order chi connectivity index (χ1) is 10.3. The van der Waals surface area contributed by atoms with E-state index >= 15 is 0 Å². The first kappa shape index (κ1) is 14.3. The molecule has 0 amide bonds. The molecule has 21 heavy (non-hydrogen) atoms. The summed E-state index contributed by atoms with van der Waals surface area (Å²) >= 11 is 0. The maximum atomic E-state index is 3.52. The third kappa shape index (κ3) is 3.03. The molecule has 110 valence electrons. The van der Waals surface area contributed by atoms with Gasteiger partial charge in [-0.05, 0) is 55.0 Å². The van der Waals surface area contributed by atoms with Gasteiger partial charge in [-0.25, -0.2) is 0 Å². The Hall–Kier alpha value is -1.60. The van der Waals surface area contributed by atoms with E-state index in [9.17, 15) is 0 Å². The molecular formula is C20H25N. The third-order valence-corrected chi connectivity index (χ3v) is 4.87. The Balaban J connectivity index is 1.89. The maximum absolute atomic E-state index is 3.52. The predicted octanol–water partition coefficient (Wildman–Crippen LogP) is 4.63. The second-order valence-corrected chi connectivity index (χ2v) is 6.20. The van der Waals surface area contributed by atoms with E-state index in [4.69, 9.17) is 0 Å². The van der Waals surface area contributed by atoms with Gasteiger partial charge in [0.05, 0.1) is 0 Å². The summed E-state index contributed by atoms with van der Waals surface area (Å²) in [6.07, 6.45) is 5.20. The molecule has 2 aromatic carbocycles. The molecule has 2 aromatic rings. The summed E-state index contributed by atoms with van der Waals surface area (Å²) in [6, 6.07) is 18.3. The van der Waals surface area contributed by atoms with Crippen LogP contribution >= 0.6 is 0 Å². The van der Waals surface area contributed by atoms with E-state index in [0.29, 0.717) is 12.0 Å². The summed E-state index contributed by atoms with van der Waals surface area (Å²) in [5, 5.41) is 3.52. The number of hydrogen-bond acceptors (Lipinski definition) is 1. The summed E-state index contributed by atoms with van der Waals surface area (Å²) in [5.74, 6) is 0.470. The topological polar surface area (TPSA) is 12.0 Å². The average molecular weight is 279 g/mol. The van der Waals surface area contributed by atoms with Gasteiger partial charge in [-0.1, -0.05) is 55.5 Å².